The third-order valence-corrected chi connectivity index (χ3v) is 4.38. The van der Waals surface area contributed by atoms with Crippen molar-refractivity contribution < 1.29 is 19.1 Å². The van der Waals surface area contributed by atoms with Crippen molar-refractivity contribution in [1.82, 2.24) is 15.8 Å². The summed E-state index contributed by atoms with van der Waals surface area (Å²) in [7, 11) is 1.59. The first-order valence-corrected chi connectivity index (χ1v) is 8.94. The van der Waals surface area contributed by atoms with Crippen molar-refractivity contribution in [2.45, 2.75) is 6.42 Å². The fourth-order valence-electron chi connectivity index (χ4n) is 2.50. The van der Waals surface area contributed by atoms with Crippen LogP contribution in [-0.2, 0) is 16.0 Å². The lowest BCUT2D eigenvalue weighted by Gasteiger charge is -2.09. The molecule has 8 heteroatoms. The van der Waals surface area contributed by atoms with E-state index in [4.69, 9.17) is 9.47 Å². The van der Waals surface area contributed by atoms with Gasteiger partial charge in [0.15, 0.2) is 6.61 Å². The minimum absolute atomic E-state index is 0.112. The summed E-state index contributed by atoms with van der Waals surface area (Å²) in [4.78, 5) is 27.0. The van der Waals surface area contributed by atoms with Crippen molar-refractivity contribution in [1.29, 1.82) is 0 Å². The van der Waals surface area contributed by atoms with Crippen LogP contribution >= 0.6 is 15.9 Å². The second-order valence-electron chi connectivity index (χ2n) is 5.74. The Labute approximate surface area is 164 Å². The Morgan fingerprint density at radius 1 is 1.04 bits per heavy atom. The molecule has 3 rings (SSSR count). The van der Waals surface area contributed by atoms with E-state index < -0.39 is 5.91 Å². The zero-order valence-electron chi connectivity index (χ0n) is 14.5. The summed E-state index contributed by atoms with van der Waals surface area (Å²) in [6, 6.07) is 12.7. The first-order chi connectivity index (χ1) is 13.0. The molecular weight excluding hydrogens is 414 g/mol. The number of fused-ring (bicyclic) bond motifs is 1. The van der Waals surface area contributed by atoms with Crippen molar-refractivity contribution in [3.05, 3.63) is 58.7 Å². The van der Waals surface area contributed by atoms with Gasteiger partial charge in [-0.1, -0.05) is 15.9 Å². The zero-order valence-corrected chi connectivity index (χ0v) is 16.1. The largest absolute Gasteiger partial charge is 0.497 e. The highest BCUT2D eigenvalue weighted by Gasteiger charge is 2.11. The van der Waals surface area contributed by atoms with Crippen LogP contribution in [0.2, 0.25) is 0 Å². The maximum absolute atomic E-state index is 12.1. The predicted octanol–water partition coefficient (Wildman–Crippen LogP) is 2.71. The lowest BCUT2D eigenvalue weighted by molar-refractivity contribution is -0.129. The fraction of sp³-hybridized carbons (Fsp3) is 0.158. The quantitative estimate of drug-likeness (QED) is 0.523. The number of hydrogen-bond donors (Lipinski definition) is 3. The average Bonchev–Trinajstić information content (AvgIpc) is 3.07. The third-order valence-electron chi connectivity index (χ3n) is 3.85. The number of amides is 2. The predicted molar refractivity (Wildman–Crippen MR) is 104 cm³/mol. The Balaban J connectivity index is 1.49. The maximum atomic E-state index is 12.1. The van der Waals surface area contributed by atoms with E-state index in [-0.39, 0.29) is 18.9 Å². The Bertz CT molecular complexity index is 953. The molecule has 27 heavy (non-hydrogen) atoms. The summed E-state index contributed by atoms with van der Waals surface area (Å²) in [6.07, 6.45) is 1.88. The Hall–Kier alpha value is -3.00. The van der Waals surface area contributed by atoms with Crippen LogP contribution in [0.1, 0.15) is 5.56 Å². The topological polar surface area (TPSA) is 92.5 Å². The minimum Gasteiger partial charge on any atom is -0.497 e. The molecule has 0 atom stereocenters. The van der Waals surface area contributed by atoms with Gasteiger partial charge in [-0.2, -0.15) is 0 Å². The second-order valence-corrected chi connectivity index (χ2v) is 6.66. The number of ether oxygens (including phenoxy) is 2. The van der Waals surface area contributed by atoms with Gasteiger partial charge in [0.1, 0.15) is 11.5 Å². The molecule has 0 saturated heterocycles. The van der Waals surface area contributed by atoms with Gasteiger partial charge in [0, 0.05) is 21.6 Å². The van der Waals surface area contributed by atoms with E-state index in [1.807, 2.05) is 30.3 Å². The van der Waals surface area contributed by atoms with E-state index in [1.165, 1.54) is 0 Å². The van der Waals surface area contributed by atoms with Crippen molar-refractivity contribution in [2.75, 3.05) is 13.7 Å². The number of benzene rings is 2. The molecular formula is C19H18BrN3O4. The number of H-pyrrole nitrogens is 1. The van der Waals surface area contributed by atoms with E-state index >= 15 is 0 Å². The Kier molecular flexibility index (Phi) is 5.97. The zero-order chi connectivity index (χ0) is 19.2. The molecule has 0 aliphatic carbocycles. The highest BCUT2D eigenvalue weighted by atomic mass is 79.9. The van der Waals surface area contributed by atoms with Gasteiger partial charge in [0.05, 0.1) is 13.5 Å². The van der Waals surface area contributed by atoms with Crippen LogP contribution in [0.3, 0.4) is 0 Å². The molecule has 3 aromatic rings. The lowest BCUT2D eigenvalue weighted by Crippen LogP contribution is -2.44. The van der Waals surface area contributed by atoms with Crippen LogP contribution in [0.5, 0.6) is 11.5 Å². The van der Waals surface area contributed by atoms with Crippen LogP contribution < -0.4 is 20.3 Å². The number of hydrogen-bond acceptors (Lipinski definition) is 4. The highest BCUT2D eigenvalue weighted by molar-refractivity contribution is 9.10. The summed E-state index contributed by atoms with van der Waals surface area (Å²) in [5.41, 5.74) is 6.44. The molecule has 0 saturated carbocycles. The van der Waals surface area contributed by atoms with Crippen molar-refractivity contribution in [3.63, 3.8) is 0 Å². The normalized spacial score (nSPS) is 10.4. The first kappa shape index (κ1) is 18.8. The average molecular weight is 432 g/mol. The van der Waals surface area contributed by atoms with Gasteiger partial charge < -0.3 is 14.5 Å². The molecule has 0 aliphatic rings. The van der Waals surface area contributed by atoms with Crippen LogP contribution in [-0.4, -0.2) is 30.5 Å². The van der Waals surface area contributed by atoms with Gasteiger partial charge >= 0.3 is 0 Å². The number of halogens is 1. The van der Waals surface area contributed by atoms with E-state index in [1.54, 1.807) is 25.4 Å². The number of nitrogens with one attached hydrogen (secondary N) is 3. The number of rotatable bonds is 6. The smallest absolute Gasteiger partial charge is 0.276 e. The number of hydrazine groups is 1. The molecule has 0 radical (unpaired) electrons. The molecule has 2 aromatic carbocycles. The van der Waals surface area contributed by atoms with Gasteiger partial charge in [0.25, 0.3) is 5.91 Å². The fourth-order valence-corrected chi connectivity index (χ4v) is 2.77. The summed E-state index contributed by atoms with van der Waals surface area (Å²) in [5, 5.41) is 0.898. The number of aromatic nitrogens is 1. The lowest BCUT2D eigenvalue weighted by atomic mass is 10.1. The Morgan fingerprint density at radius 3 is 2.48 bits per heavy atom. The van der Waals surface area contributed by atoms with Gasteiger partial charge in [-0.3, -0.25) is 20.4 Å². The van der Waals surface area contributed by atoms with Crippen LogP contribution in [0.15, 0.2) is 53.1 Å². The molecule has 7 nitrogen and oxygen atoms in total. The summed E-state index contributed by atoms with van der Waals surface area (Å²) in [5.74, 6) is 0.483. The van der Waals surface area contributed by atoms with Gasteiger partial charge in [-0.25, -0.2) is 0 Å². The molecule has 0 spiro atoms. The minimum atomic E-state index is -0.452. The number of carbonyl (C=O) groups excluding carboxylic acids is 2. The summed E-state index contributed by atoms with van der Waals surface area (Å²) in [6.45, 7) is -0.202. The molecule has 1 aromatic heterocycles. The van der Waals surface area contributed by atoms with E-state index in [2.05, 4.69) is 31.8 Å². The highest BCUT2D eigenvalue weighted by Crippen LogP contribution is 2.23. The number of carbonyl (C=O) groups is 2. The SMILES string of the molecule is COc1ccc2[nH]cc(CC(=O)NNC(=O)COc3ccc(Br)cc3)c2c1. The molecule has 0 bridgehead atoms. The van der Waals surface area contributed by atoms with Crippen LogP contribution in [0.25, 0.3) is 10.9 Å². The standard InChI is InChI=1S/C19H18BrN3O4/c1-26-15-6-7-17-16(9-15)12(10-21-17)8-18(24)22-23-19(25)11-27-14-4-2-13(20)3-5-14/h2-7,9-10,21H,8,11H2,1H3,(H,22,24)(H,23,25). The van der Waals surface area contributed by atoms with Crippen LogP contribution in [0, 0.1) is 0 Å². The molecule has 0 unspecified atom stereocenters. The van der Waals surface area contributed by atoms with Gasteiger partial charge in [-0.05, 0) is 48.0 Å². The third kappa shape index (κ3) is 5.01. The van der Waals surface area contributed by atoms with Gasteiger partial charge in [0.2, 0.25) is 5.91 Å². The molecule has 0 aliphatic heterocycles. The molecule has 3 N–H and O–H groups in total. The number of aromatic amines is 1. The van der Waals surface area contributed by atoms with E-state index in [9.17, 15) is 9.59 Å². The molecule has 140 valence electrons. The molecule has 0 fully saturated rings. The second kappa shape index (κ2) is 8.59. The summed E-state index contributed by atoms with van der Waals surface area (Å²) >= 11 is 3.32. The Morgan fingerprint density at radius 2 is 1.74 bits per heavy atom. The van der Waals surface area contributed by atoms with Crippen molar-refractivity contribution in [2.24, 2.45) is 0 Å². The van der Waals surface area contributed by atoms with Crippen LogP contribution in [0.4, 0.5) is 0 Å². The van der Waals surface area contributed by atoms with E-state index in [0.717, 1.165) is 20.9 Å². The van der Waals surface area contributed by atoms with Gasteiger partial charge in [-0.15, -0.1) is 0 Å². The molecule has 2 amide bonds. The maximum Gasteiger partial charge on any atom is 0.276 e. The summed E-state index contributed by atoms with van der Waals surface area (Å²) < 4.78 is 11.5. The van der Waals surface area contributed by atoms with Crippen molar-refractivity contribution >= 4 is 38.6 Å². The number of methoxy groups -OCH3 is 1. The first-order valence-electron chi connectivity index (χ1n) is 8.15. The van der Waals surface area contributed by atoms with Crippen molar-refractivity contribution in [3.8, 4) is 11.5 Å². The monoisotopic (exact) mass is 431 g/mol. The van der Waals surface area contributed by atoms with E-state index in [0.29, 0.717) is 11.5 Å². The molecule has 1 heterocycles.